The largest absolute Gasteiger partial charge is 0.406 e. The van der Waals surface area contributed by atoms with Crippen LogP contribution in [-0.2, 0) is 4.79 Å². The molecule has 1 amide bonds. The average Bonchev–Trinajstić information content (AvgIpc) is 2.75. The molecule has 1 aliphatic heterocycles. The van der Waals surface area contributed by atoms with Crippen molar-refractivity contribution in [2.24, 2.45) is 0 Å². The Hall–Kier alpha value is -0.780. The number of hydrogen-bond donors (Lipinski definition) is 1. The van der Waals surface area contributed by atoms with E-state index in [2.05, 4.69) is 5.32 Å². The fourth-order valence-electron chi connectivity index (χ4n) is 2.48. The van der Waals surface area contributed by atoms with Gasteiger partial charge < -0.3 is 10.2 Å². The summed E-state index contributed by atoms with van der Waals surface area (Å²) >= 11 is 0. The molecule has 1 saturated heterocycles. The van der Waals surface area contributed by atoms with Crippen LogP contribution < -0.4 is 5.32 Å². The van der Waals surface area contributed by atoms with Gasteiger partial charge in [0.2, 0.25) is 5.91 Å². The molecule has 1 rings (SSSR count). The molecule has 1 atom stereocenters. The smallest absolute Gasteiger partial charge is 0.332 e. The highest BCUT2D eigenvalue weighted by atomic mass is 19.4. The topological polar surface area (TPSA) is 32.3 Å². The van der Waals surface area contributed by atoms with Crippen LogP contribution in [0, 0.1) is 0 Å². The summed E-state index contributed by atoms with van der Waals surface area (Å²) in [6.07, 6.45) is -1.81. The van der Waals surface area contributed by atoms with E-state index in [0.717, 1.165) is 11.3 Å². The van der Waals surface area contributed by atoms with Crippen molar-refractivity contribution in [3.63, 3.8) is 0 Å². The van der Waals surface area contributed by atoms with E-state index < -0.39 is 24.2 Å². The van der Waals surface area contributed by atoms with Crippen molar-refractivity contribution in [3.8, 4) is 0 Å². The first-order valence-electron chi connectivity index (χ1n) is 6.46. The van der Waals surface area contributed by atoms with Crippen LogP contribution in [-0.4, -0.2) is 42.2 Å². The Kier molecular flexibility index (Phi) is 5.01. The summed E-state index contributed by atoms with van der Waals surface area (Å²) in [5.41, 5.74) is -0.777. The van der Waals surface area contributed by atoms with Crippen molar-refractivity contribution < 1.29 is 18.0 Å². The van der Waals surface area contributed by atoms with Crippen LogP contribution in [0.3, 0.4) is 0 Å². The molecular weight excluding hydrogens is 245 g/mol. The lowest BCUT2D eigenvalue weighted by Gasteiger charge is -2.34. The molecule has 0 spiro atoms. The van der Waals surface area contributed by atoms with Crippen LogP contribution in [0.2, 0.25) is 0 Å². The lowest BCUT2D eigenvalue weighted by molar-refractivity contribution is -0.165. The van der Waals surface area contributed by atoms with Gasteiger partial charge in [-0.05, 0) is 32.2 Å². The first-order valence-corrected chi connectivity index (χ1v) is 6.46. The van der Waals surface area contributed by atoms with Gasteiger partial charge in [-0.25, -0.2) is 0 Å². The van der Waals surface area contributed by atoms with Crippen molar-refractivity contribution in [2.45, 2.75) is 51.2 Å². The molecule has 6 heteroatoms. The molecule has 1 unspecified atom stereocenters. The third-order valence-electron chi connectivity index (χ3n) is 3.41. The van der Waals surface area contributed by atoms with Crippen LogP contribution in [0.25, 0.3) is 0 Å². The predicted molar refractivity (Wildman–Crippen MR) is 63.2 cm³/mol. The Labute approximate surface area is 106 Å². The highest BCUT2D eigenvalue weighted by Gasteiger charge is 2.44. The van der Waals surface area contributed by atoms with Gasteiger partial charge in [-0.1, -0.05) is 13.8 Å². The lowest BCUT2D eigenvalue weighted by Crippen LogP contribution is -2.56. The molecule has 1 heterocycles. The summed E-state index contributed by atoms with van der Waals surface area (Å²) in [7, 11) is 0. The van der Waals surface area contributed by atoms with Gasteiger partial charge in [-0.15, -0.1) is 0 Å². The Morgan fingerprint density at radius 3 is 2.44 bits per heavy atom. The quantitative estimate of drug-likeness (QED) is 0.828. The van der Waals surface area contributed by atoms with E-state index in [9.17, 15) is 18.0 Å². The number of carbonyl (C=O) groups is 1. The molecular formula is C12H21F3N2O. The fourth-order valence-corrected chi connectivity index (χ4v) is 2.48. The molecule has 0 aromatic rings. The average molecular weight is 266 g/mol. The number of carbonyl (C=O) groups excluding carboxylic acids is 1. The molecule has 0 aromatic carbocycles. The number of alkyl halides is 3. The standard InChI is InChI=1S/C12H21F3N2O/c1-3-8-17(9-12(13,14)15)10(18)11(4-2)6-5-7-16-11/h16H,3-9H2,1-2H3. The number of nitrogens with one attached hydrogen (secondary N) is 1. The van der Waals surface area contributed by atoms with Gasteiger partial charge in [0, 0.05) is 6.54 Å². The zero-order chi connectivity index (χ0) is 13.8. The van der Waals surface area contributed by atoms with Gasteiger partial charge in [-0.2, -0.15) is 13.2 Å². The van der Waals surface area contributed by atoms with Crippen LogP contribution >= 0.6 is 0 Å². The Bertz CT molecular complexity index is 286. The summed E-state index contributed by atoms with van der Waals surface area (Å²) in [5.74, 6) is -0.401. The van der Waals surface area contributed by atoms with Gasteiger partial charge in [0.15, 0.2) is 0 Å². The van der Waals surface area contributed by atoms with Gasteiger partial charge in [0.05, 0.1) is 5.54 Å². The van der Waals surface area contributed by atoms with E-state index in [-0.39, 0.29) is 6.54 Å². The van der Waals surface area contributed by atoms with Crippen molar-refractivity contribution in [2.75, 3.05) is 19.6 Å². The van der Waals surface area contributed by atoms with Crippen LogP contribution in [0.1, 0.15) is 39.5 Å². The molecule has 0 aromatic heterocycles. The molecule has 0 radical (unpaired) electrons. The molecule has 1 fully saturated rings. The summed E-state index contributed by atoms with van der Waals surface area (Å²) in [5, 5.41) is 3.09. The molecule has 18 heavy (non-hydrogen) atoms. The second-order valence-corrected chi connectivity index (χ2v) is 4.81. The maximum Gasteiger partial charge on any atom is 0.406 e. The monoisotopic (exact) mass is 266 g/mol. The number of hydrogen-bond acceptors (Lipinski definition) is 2. The van der Waals surface area contributed by atoms with E-state index in [1.807, 2.05) is 6.92 Å². The Morgan fingerprint density at radius 1 is 1.39 bits per heavy atom. The summed E-state index contributed by atoms with van der Waals surface area (Å²) < 4.78 is 37.5. The number of amides is 1. The first-order chi connectivity index (χ1) is 8.34. The Balaban J connectivity index is 2.81. The van der Waals surface area contributed by atoms with Crippen molar-refractivity contribution in [1.29, 1.82) is 0 Å². The van der Waals surface area contributed by atoms with E-state index in [1.54, 1.807) is 6.92 Å². The van der Waals surface area contributed by atoms with E-state index in [0.29, 0.717) is 25.8 Å². The second-order valence-electron chi connectivity index (χ2n) is 4.81. The molecule has 1 aliphatic rings. The highest BCUT2D eigenvalue weighted by molar-refractivity contribution is 5.86. The summed E-state index contributed by atoms with van der Waals surface area (Å²) in [6.45, 7) is 3.32. The van der Waals surface area contributed by atoms with Gasteiger partial charge in [0.1, 0.15) is 6.54 Å². The highest BCUT2D eigenvalue weighted by Crippen LogP contribution is 2.27. The van der Waals surface area contributed by atoms with E-state index >= 15 is 0 Å². The van der Waals surface area contributed by atoms with Gasteiger partial charge >= 0.3 is 6.18 Å². The second kappa shape index (κ2) is 5.91. The predicted octanol–water partition coefficient (Wildman–Crippen LogP) is 2.32. The molecule has 1 N–H and O–H groups in total. The minimum atomic E-state index is -4.33. The normalized spacial score (nSPS) is 24.3. The van der Waals surface area contributed by atoms with Gasteiger partial charge in [-0.3, -0.25) is 4.79 Å². The van der Waals surface area contributed by atoms with Crippen molar-refractivity contribution in [3.05, 3.63) is 0 Å². The zero-order valence-corrected chi connectivity index (χ0v) is 10.9. The Morgan fingerprint density at radius 2 is 2.06 bits per heavy atom. The lowest BCUT2D eigenvalue weighted by atomic mass is 9.92. The minimum absolute atomic E-state index is 0.155. The SMILES string of the molecule is CCCN(CC(F)(F)F)C(=O)C1(CC)CCCN1. The third-order valence-corrected chi connectivity index (χ3v) is 3.41. The van der Waals surface area contributed by atoms with Crippen LogP contribution in [0.5, 0.6) is 0 Å². The van der Waals surface area contributed by atoms with Crippen molar-refractivity contribution in [1.82, 2.24) is 10.2 Å². The van der Waals surface area contributed by atoms with E-state index in [1.165, 1.54) is 0 Å². The fraction of sp³-hybridized carbons (Fsp3) is 0.917. The molecule has 3 nitrogen and oxygen atoms in total. The molecule has 106 valence electrons. The molecule has 0 bridgehead atoms. The summed E-state index contributed by atoms with van der Waals surface area (Å²) in [6, 6.07) is 0. The van der Waals surface area contributed by atoms with Gasteiger partial charge in [0.25, 0.3) is 0 Å². The molecule has 0 aliphatic carbocycles. The van der Waals surface area contributed by atoms with Crippen LogP contribution in [0.15, 0.2) is 0 Å². The third kappa shape index (κ3) is 3.60. The number of halogens is 3. The summed E-state index contributed by atoms with van der Waals surface area (Å²) in [4.78, 5) is 13.3. The maximum absolute atomic E-state index is 12.5. The number of rotatable bonds is 5. The molecule has 0 saturated carbocycles. The van der Waals surface area contributed by atoms with Crippen LogP contribution in [0.4, 0.5) is 13.2 Å². The number of nitrogens with zero attached hydrogens (tertiary/aromatic N) is 1. The minimum Gasteiger partial charge on any atom is -0.332 e. The van der Waals surface area contributed by atoms with E-state index in [4.69, 9.17) is 0 Å². The zero-order valence-electron chi connectivity index (χ0n) is 10.9. The maximum atomic E-state index is 12.5. The van der Waals surface area contributed by atoms with Crippen molar-refractivity contribution >= 4 is 5.91 Å². The first kappa shape index (κ1) is 15.3.